The molecule has 110 valence electrons. The van der Waals surface area contributed by atoms with Crippen molar-refractivity contribution in [3.8, 4) is 11.5 Å². The van der Waals surface area contributed by atoms with Crippen molar-refractivity contribution in [2.75, 3.05) is 6.26 Å². The molecule has 0 bridgehead atoms. The van der Waals surface area contributed by atoms with Crippen molar-refractivity contribution in [3.63, 3.8) is 0 Å². The maximum absolute atomic E-state index is 13.2. The highest BCUT2D eigenvalue weighted by Gasteiger charge is 2.12. The molecular formula is C14H13FN2O3S. The number of hydrogen-bond donors (Lipinski definition) is 2. The molecule has 7 heteroatoms. The fourth-order valence-electron chi connectivity index (χ4n) is 1.70. The Hall–Kier alpha value is -2.41. The summed E-state index contributed by atoms with van der Waals surface area (Å²) in [5.41, 5.74) is 5.47. The van der Waals surface area contributed by atoms with Crippen molar-refractivity contribution in [3.05, 3.63) is 53.8 Å². The summed E-state index contributed by atoms with van der Waals surface area (Å²) < 4.78 is 41.7. The third-order valence-electron chi connectivity index (χ3n) is 2.69. The largest absolute Gasteiger partial charge is 0.457 e. The molecule has 0 fully saturated rings. The molecule has 0 heterocycles. The quantitative estimate of drug-likeness (QED) is 0.669. The molecule has 2 aromatic rings. The average molecular weight is 308 g/mol. The topological polar surface area (TPSA) is 93.2 Å². The van der Waals surface area contributed by atoms with E-state index in [4.69, 9.17) is 15.9 Å². The number of halogens is 1. The first-order valence-corrected chi connectivity index (χ1v) is 7.78. The molecule has 0 atom stereocenters. The van der Waals surface area contributed by atoms with Gasteiger partial charge < -0.3 is 10.5 Å². The van der Waals surface area contributed by atoms with Gasteiger partial charge in [-0.3, -0.25) is 5.41 Å². The summed E-state index contributed by atoms with van der Waals surface area (Å²) in [5, 5.41) is 7.42. The van der Waals surface area contributed by atoms with Crippen molar-refractivity contribution in [2.45, 2.75) is 4.90 Å². The van der Waals surface area contributed by atoms with Gasteiger partial charge in [-0.1, -0.05) is 6.07 Å². The zero-order valence-corrected chi connectivity index (χ0v) is 11.9. The lowest BCUT2D eigenvalue weighted by molar-refractivity contribution is 0.477. The van der Waals surface area contributed by atoms with Gasteiger partial charge in [0.25, 0.3) is 0 Å². The highest BCUT2D eigenvalue weighted by atomic mass is 32.2. The molecule has 0 saturated heterocycles. The second-order valence-corrected chi connectivity index (χ2v) is 6.42. The van der Waals surface area contributed by atoms with Crippen molar-refractivity contribution in [2.24, 2.45) is 5.73 Å². The Morgan fingerprint density at radius 3 is 2.57 bits per heavy atom. The smallest absolute Gasteiger partial charge is 0.175 e. The van der Waals surface area contributed by atoms with Gasteiger partial charge in [-0.05, 0) is 36.4 Å². The summed E-state index contributed by atoms with van der Waals surface area (Å²) >= 11 is 0. The van der Waals surface area contributed by atoms with Crippen LogP contribution in [0, 0.1) is 11.2 Å². The number of sulfone groups is 1. The van der Waals surface area contributed by atoms with Crippen LogP contribution < -0.4 is 10.5 Å². The van der Waals surface area contributed by atoms with E-state index in [0.29, 0.717) is 0 Å². The number of benzene rings is 2. The van der Waals surface area contributed by atoms with Gasteiger partial charge in [0, 0.05) is 6.26 Å². The standard InChI is InChI=1S/C14H13FN2O3S/c1-21(18,19)11-4-2-3-10(8-11)20-13-6-5-9(15)7-12(13)14(16)17/h2-8H,1H3,(H3,16,17). The number of amidine groups is 1. The summed E-state index contributed by atoms with van der Waals surface area (Å²) in [6.07, 6.45) is 1.09. The Balaban J connectivity index is 2.41. The summed E-state index contributed by atoms with van der Waals surface area (Å²) in [6.45, 7) is 0. The van der Waals surface area contributed by atoms with E-state index in [1.165, 1.54) is 30.3 Å². The van der Waals surface area contributed by atoms with Gasteiger partial charge in [-0.15, -0.1) is 0 Å². The molecule has 0 aliphatic carbocycles. The molecule has 0 amide bonds. The van der Waals surface area contributed by atoms with Crippen LogP contribution in [0.1, 0.15) is 5.56 Å². The lowest BCUT2D eigenvalue weighted by atomic mass is 10.2. The zero-order chi connectivity index (χ0) is 15.6. The first-order valence-electron chi connectivity index (χ1n) is 5.89. The summed E-state index contributed by atoms with van der Waals surface area (Å²) in [6, 6.07) is 9.46. The van der Waals surface area contributed by atoms with Crippen LogP contribution in [0.25, 0.3) is 0 Å². The van der Waals surface area contributed by atoms with Gasteiger partial charge in [0.15, 0.2) is 9.84 Å². The fourth-order valence-corrected chi connectivity index (χ4v) is 2.35. The van der Waals surface area contributed by atoms with Crippen LogP contribution in [0.15, 0.2) is 47.4 Å². The van der Waals surface area contributed by atoms with E-state index in [0.717, 1.165) is 12.3 Å². The predicted octanol–water partition coefficient (Wildman–Crippen LogP) is 2.31. The van der Waals surface area contributed by atoms with Gasteiger partial charge in [0.1, 0.15) is 23.2 Å². The van der Waals surface area contributed by atoms with Crippen molar-refractivity contribution < 1.29 is 17.5 Å². The van der Waals surface area contributed by atoms with E-state index < -0.39 is 15.7 Å². The maximum atomic E-state index is 13.2. The minimum Gasteiger partial charge on any atom is -0.457 e. The van der Waals surface area contributed by atoms with E-state index in [1.807, 2.05) is 0 Å². The van der Waals surface area contributed by atoms with Crippen LogP contribution in [-0.2, 0) is 9.84 Å². The number of rotatable bonds is 4. The zero-order valence-electron chi connectivity index (χ0n) is 11.1. The monoisotopic (exact) mass is 308 g/mol. The minimum atomic E-state index is -3.36. The molecule has 21 heavy (non-hydrogen) atoms. The molecule has 0 radical (unpaired) electrons. The SMILES string of the molecule is CS(=O)(=O)c1cccc(Oc2ccc(F)cc2C(=N)N)c1. The van der Waals surface area contributed by atoms with E-state index >= 15 is 0 Å². The van der Waals surface area contributed by atoms with Gasteiger partial charge >= 0.3 is 0 Å². The molecule has 3 N–H and O–H groups in total. The Kier molecular flexibility index (Phi) is 3.95. The van der Waals surface area contributed by atoms with Crippen LogP contribution in [-0.4, -0.2) is 20.5 Å². The molecule has 0 spiro atoms. The summed E-state index contributed by atoms with van der Waals surface area (Å²) in [4.78, 5) is 0.103. The van der Waals surface area contributed by atoms with Crippen LogP contribution in [0.3, 0.4) is 0 Å². The molecule has 2 rings (SSSR count). The molecule has 0 aliphatic rings. The number of hydrogen-bond acceptors (Lipinski definition) is 4. The van der Waals surface area contributed by atoms with Gasteiger partial charge in [-0.2, -0.15) is 0 Å². The van der Waals surface area contributed by atoms with Crippen LogP contribution in [0.4, 0.5) is 4.39 Å². The molecular weight excluding hydrogens is 295 g/mol. The van der Waals surface area contributed by atoms with Gasteiger partial charge in [-0.25, -0.2) is 12.8 Å². The van der Waals surface area contributed by atoms with E-state index in [1.54, 1.807) is 6.07 Å². The van der Waals surface area contributed by atoms with Crippen LogP contribution >= 0.6 is 0 Å². The molecule has 5 nitrogen and oxygen atoms in total. The Labute approximate surface area is 121 Å². The van der Waals surface area contributed by atoms with Gasteiger partial charge in [0.2, 0.25) is 0 Å². The highest BCUT2D eigenvalue weighted by Crippen LogP contribution is 2.27. The first kappa shape index (κ1) is 15.0. The normalized spacial score (nSPS) is 11.1. The number of ether oxygens (including phenoxy) is 1. The maximum Gasteiger partial charge on any atom is 0.175 e. The Bertz CT molecular complexity index is 804. The lowest BCUT2D eigenvalue weighted by Crippen LogP contribution is -2.12. The van der Waals surface area contributed by atoms with Crippen molar-refractivity contribution >= 4 is 15.7 Å². The minimum absolute atomic E-state index is 0.0970. The number of nitrogen functional groups attached to an aromatic ring is 1. The molecule has 0 saturated carbocycles. The Morgan fingerprint density at radius 1 is 1.24 bits per heavy atom. The third kappa shape index (κ3) is 3.57. The summed E-state index contributed by atoms with van der Waals surface area (Å²) in [5.74, 6) is -0.456. The molecule has 2 aromatic carbocycles. The van der Waals surface area contributed by atoms with Crippen molar-refractivity contribution in [1.82, 2.24) is 0 Å². The molecule has 0 aromatic heterocycles. The Morgan fingerprint density at radius 2 is 1.95 bits per heavy atom. The van der Waals surface area contributed by atoms with Crippen LogP contribution in [0.2, 0.25) is 0 Å². The molecule has 0 unspecified atom stereocenters. The second-order valence-electron chi connectivity index (χ2n) is 4.40. The van der Waals surface area contributed by atoms with E-state index in [9.17, 15) is 12.8 Å². The van der Waals surface area contributed by atoms with Gasteiger partial charge in [0.05, 0.1) is 10.5 Å². The number of nitrogens with two attached hydrogens (primary N) is 1. The first-order chi connectivity index (χ1) is 9.77. The van der Waals surface area contributed by atoms with E-state index in [2.05, 4.69) is 0 Å². The predicted molar refractivity (Wildman–Crippen MR) is 77.0 cm³/mol. The lowest BCUT2D eigenvalue weighted by Gasteiger charge is -2.11. The summed E-state index contributed by atoms with van der Waals surface area (Å²) in [7, 11) is -3.36. The molecule has 0 aliphatic heterocycles. The highest BCUT2D eigenvalue weighted by molar-refractivity contribution is 7.90. The van der Waals surface area contributed by atoms with Crippen LogP contribution in [0.5, 0.6) is 11.5 Å². The van der Waals surface area contributed by atoms with Crippen molar-refractivity contribution in [1.29, 1.82) is 5.41 Å². The van der Waals surface area contributed by atoms with E-state index in [-0.39, 0.29) is 27.8 Å². The fraction of sp³-hybridized carbons (Fsp3) is 0.0714. The second kappa shape index (κ2) is 5.53. The number of nitrogens with one attached hydrogen (secondary N) is 1. The average Bonchev–Trinajstić information content (AvgIpc) is 2.40. The third-order valence-corrected chi connectivity index (χ3v) is 3.80.